The van der Waals surface area contributed by atoms with Crippen LogP contribution in [0.5, 0.6) is 0 Å². The lowest BCUT2D eigenvalue weighted by Gasteiger charge is -2.17. The van der Waals surface area contributed by atoms with Crippen LogP contribution in [0.2, 0.25) is 0 Å². The summed E-state index contributed by atoms with van der Waals surface area (Å²) >= 11 is 1.40. The molecule has 1 aromatic carbocycles. The van der Waals surface area contributed by atoms with Gasteiger partial charge in [0.2, 0.25) is 10.0 Å². The van der Waals surface area contributed by atoms with E-state index in [1.54, 1.807) is 7.05 Å². The highest BCUT2D eigenvalue weighted by Crippen LogP contribution is 2.38. The Morgan fingerprint density at radius 3 is 2.47 bits per heavy atom. The van der Waals surface area contributed by atoms with Crippen molar-refractivity contribution in [2.45, 2.75) is 50.3 Å². The first-order chi connectivity index (χ1) is 14.3. The van der Waals surface area contributed by atoms with E-state index in [9.17, 15) is 18.0 Å². The third kappa shape index (κ3) is 4.58. The van der Waals surface area contributed by atoms with Crippen LogP contribution in [0.1, 0.15) is 63.8 Å². The summed E-state index contributed by atoms with van der Waals surface area (Å²) in [5.41, 5.74) is 7.24. The molecule has 30 heavy (non-hydrogen) atoms. The number of aryl methyl sites for hydroxylation is 1. The summed E-state index contributed by atoms with van der Waals surface area (Å²) in [6.45, 7) is 2.45. The normalized spacial score (nSPS) is 13.8. The number of primary amides is 1. The average molecular weight is 450 g/mol. The lowest BCUT2D eigenvalue weighted by molar-refractivity contribution is 0.100. The molecule has 0 radical (unpaired) electrons. The van der Waals surface area contributed by atoms with Gasteiger partial charge in [0.1, 0.15) is 5.00 Å². The van der Waals surface area contributed by atoms with Crippen LogP contribution in [0.3, 0.4) is 0 Å². The van der Waals surface area contributed by atoms with Crippen molar-refractivity contribution in [2.75, 3.05) is 18.9 Å². The zero-order valence-corrected chi connectivity index (χ0v) is 18.9. The van der Waals surface area contributed by atoms with E-state index in [0.29, 0.717) is 22.7 Å². The second-order valence-corrected chi connectivity index (χ2v) is 10.6. The zero-order valence-electron chi connectivity index (χ0n) is 17.2. The number of carbonyl (C=O) groups excluding carboxylic acids is 2. The number of nitrogens with two attached hydrogens (primary N) is 1. The number of benzene rings is 1. The number of carbonyl (C=O) groups is 2. The van der Waals surface area contributed by atoms with Gasteiger partial charge in [-0.05, 0) is 61.9 Å². The van der Waals surface area contributed by atoms with Crippen molar-refractivity contribution >= 4 is 38.2 Å². The van der Waals surface area contributed by atoms with E-state index < -0.39 is 21.8 Å². The first kappa shape index (κ1) is 22.5. The Labute approximate surface area is 181 Å². The summed E-state index contributed by atoms with van der Waals surface area (Å²) in [6.07, 6.45) is 5.41. The fourth-order valence-corrected chi connectivity index (χ4v) is 6.05. The fraction of sp³-hybridized carbons (Fsp3) is 0.429. The molecule has 0 spiro atoms. The maximum absolute atomic E-state index is 12.7. The molecule has 0 aliphatic heterocycles. The first-order valence-corrected chi connectivity index (χ1v) is 12.3. The van der Waals surface area contributed by atoms with Gasteiger partial charge in [0.25, 0.3) is 11.8 Å². The molecule has 7 nitrogen and oxygen atoms in total. The Hall–Kier alpha value is -2.23. The topological polar surface area (TPSA) is 110 Å². The van der Waals surface area contributed by atoms with Crippen molar-refractivity contribution in [3.05, 3.63) is 45.8 Å². The third-order valence-electron chi connectivity index (χ3n) is 5.30. The van der Waals surface area contributed by atoms with Crippen molar-refractivity contribution in [3.63, 3.8) is 0 Å². The minimum absolute atomic E-state index is 0.141. The van der Waals surface area contributed by atoms with Crippen molar-refractivity contribution in [1.82, 2.24) is 4.31 Å². The number of thiophene rings is 1. The Balaban J connectivity index is 1.79. The number of unbranched alkanes of at least 4 members (excludes halogenated alkanes) is 1. The lowest BCUT2D eigenvalue weighted by atomic mass is 9.95. The highest BCUT2D eigenvalue weighted by atomic mass is 32.2. The van der Waals surface area contributed by atoms with Gasteiger partial charge in [-0.2, -0.15) is 0 Å². The molecule has 0 fully saturated rings. The van der Waals surface area contributed by atoms with Gasteiger partial charge in [0.05, 0.1) is 10.5 Å². The monoisotopic (exact) mass is 449 g/mol. The van der Waals surface area contributed by atoms with Crippen LogP contribution in [0, 0.1) is 0 Å². The van der Waals surface area contributed by atoms with Crippen LogP contribution in [-0.2, 0) is 22.9 Å². The zero-order chi connectivity index (χ0) is 21.9. The Morgan fingerprint density at radius 2 is 1.83 bits per heavy atom. The van der Waals surface area contributed by atoms with Gasteiger partial charge in [-0.1, -0.05) is 13.3 Å². The molecule has 1 aromatic heterocycles. The molecule has 0 saturated heterocycles. The van der Waals surface area contributed by atoms with Crippen LogP contribution in [-0.4, -0.2) is 38.1 Å². The minimum Gasteiger partial charge on any atom is -0.365 e. The maximum atomic E-state index is 12.7. The SMILES string of the molecule is CCCCN(C)S(=O)(=O)c1ccc(C(=O)Nc2sc3c(c2C(N)=O)CCCC3)cc1. The average Bonchev–Trinajstić information content (AvgIpc) is 3.09. The largest absolute Gasteiger partial charge is 0.365 e. The van der Waals surface area contributed by atoms with Gasteiger partial charge >= 0.3 is 0 Å². The minimum atomic E-state index is -3.59. The summed E-state index contributed by atoms with van der Waals surface area (Å²) in [5, 5.41) is 3.26. The second-order valence-electron chi connectivity index (χ2n) is 7.44. The lowest BCUT2D eigenvalue weighted by Crippen LogP contribution is -2.28. The van der Waals surface area contributed by atoms with Crippen LogP contribution in [0.15, 0.2) is 29.2 Å². The molecule has 0 unspecified atom stereocenters. The molecular weight excluding hydrogens is 422 g/mol. The number of nitrogens with zero attached hydrogens (tertiary/aromatic N) is 1. The van der Waals surface area contributed by atoms with E-state index in [2.05, 4.69) is 5.32 Å². The summed E-state index contributed by atoms with van der Waals surface area (Å²) in [5.74, 6) is -0.944. The standard InChI is InChI=1S/C21H27N3O4S2/c1-3-4-13-24(2)30(27,28)15-11-9-14(10-12-15)20(26)23-21-18(19(22)25)16-7-5-6-8-17(16)29-21/h9-12H,3-8,13H2,1-2H3,(H2,22,25)(H,23,26). The highest BCUT2D eigenvalue weighted by Gasteiger charge is 2.25. The number of fused-ring (bicyclic) bond motifs is 1. The predicted molar refractivity (Wildman–Crippen MR) is 119 cm³/mol. The van der Waals surface area contributed by atoms with Gasteiger partial charge in [0, 0.05) is 24.0 Å². The number of anilines is 1. The van der Waals surface area contributed by atoms with Gasteiger partial charge in [-0.25, -0.2) is 12.7 Å². The molecule has 3 N–H and O–H groups in total. The summed E-state index contributed by atoms with van der Waals surface area (Å²) in [4.78, 5) is 25.9. The van der Waals surface area contributed by atoms with Crippen LogP contribution >= 0.6 is 11.3 Å². The highest BCUT2D eigenvalue weighted by molar-refractivity contribution is 7.89. The van der Waals surface area contributed by atoms with E-state index in [-0.39, 0.29) is 4.90 Å². The van der Waals surface area contributed by atoms with Gasteiger partial charge in [-0.15, -0.1) is 11.3 Å². The molecule has 0 saturated carbocycles. The molecule has 1 heterocycles. The summed E-state index contributed by atoms with van der Waals surface area (Å²) in [6, 6.07) is 5.82. The number of amides is 2. The van der Waals surface area contributed by atoms with E-state index in [1.807, 2.05) is 6.92 Å². The van der Waals surface area contributed by atoms with Gasteiger partial charge in [-0.3, -0.25) is 9.59 Å². The van der Waals surface area contributed by atoms with Crippen LogP contribution in [0.4, 0.5) is 5.00 Å². The summed E-state index contributed by atoms with van der Waals surface area (Å²) in [7, 11) is -2.04. The van der Waals surface area contributed by atoms with Gasteiger partial charge < -0.3 is 11.1 Å². The number of hydrogen-bond acceptors (Lipinski definition) is 5. The molecule has 2 amide bonds. The molecule has 0 bridgehead atoms. The van der Waals surface area contributed by atoms with Crippen LogP contribution in [0.25, 0.3) is 0 Å². The molecule has 0 atom stereocenters. The third-order valence-corrected chi connectivity index (χ3v) is 8.37. The molecule has 162 valence electrons. The molecule has 9 heteroatoms. The van der Waals surface area contributed by atoms with E-state index >= 15 is 0 Å². The number of sulfonamides is 1. The Morgan fingerprint density at radius 1 is 1.17 bits per heavy atom. The second kappa shape index (κ2) is 9.28. The van der Waals surface area contributed by atoms with Crippen molar-refractivity contribution < 1.29 is 18.0 Å². The van der Waals surface area contributed by atoms with Gasteiger partial charge in [0.15, 0.2) is 0 Å². The number of rotatable bonds is 8. The van der Waals surface area contributed by atoms with Crippen molar-refractivity contribution in [3.8, 4) is 0 Å². The van der Waals surface area contributed by atoms with E-state index in [0.717, 1.165) is 49.0 Å². The number of nitrogens with one attached hydrogen (secondary N) is 1. The predicted octanol–water partition coefficient (Wildman–Crippen LogP) is 3.40. The first-order valence-electron chi connectivity index (χ1n) is 10.1. The molecule has 2 aromatic rings. The maximum Gasteiger partial charge on any atom is 0.256 e. The molecular formula is C21H27N3O4S2. The van der Waals surface area contributed by atoms with Crippen molar-refractivity contribution in [1.29, 1.82) is 0 Å². The molecule has 3 rings (SSSR count). The number of hydrogen-bond donors (Lipinski definition) is 2. The van der Waals surface area contributed by atoms with Crippen LogP contribution < -0.4 is 11.1 Å². The summed E-state index contributed by atoms with van der Waals surface area (Å²) < 4.78 is 26.6. The quantitative estimate of drug-likeness (QED) is 0.643. The Bertz CT molecular complexity index is 1040. The van der Waals surface area contributed by atoms with E-state index in [4.69, 9.17) is 5.73 Å². The smallest absolute Gasteiger partial charge is 0.256 e. The molecule has 1 aliphatic rings. The van der Waals surface area contributed by atoms with E-state index in [1.165, 1.54) is 39.9 Å². The fourth-order valence-electron chi connectivity index (χ4n) is 3.55. The van der Waals surface area contributed by atoms with Crippen molar-refractivity contribution in [2.24, 2.45) is 5.73 Å². The Kier molecular flexibility index (Phi) is 6.95. The molecule has 1 aliphatic carbocycles.